The molecule has 4 fully saturated rings. The number of likely N-dealkylation sites (N-methyl/N-ethyl adjacent to an activating group) is 1. The molecule has 4 saturated carbocycles. The summed E-state index contributed by atoms with van der Waals surface area (Å²) in [5, 5.41) is 46.5. The molecule has 0 aliphatic heterocycles. The number of aliphatic hydroxyl groups excluding tert-OH is 4. The molecule has 0 saturated heterocycles. The molecular weight excluding hydrogens is 572 g/mol. The molecule has 43 heavy (non-hydrogen) atoms. The standard InChI is InChI=1S/C32H58N2O8S/c1-20(7-10-29(39)33-13-6-14-34(4,5)18-23(36)19-43(40,41)42)24-8-9-25-30-26(17-28(38)32(24,25)3)31(2)12-11-22(35)15-21(31)16-27(30)37/h20-28,30,35-38H,6-19H2,1-5H3,(H-,33,39,40,41,42)/p+1/t20-,21+,22-,23+,24-,25-,26-,27-,28+,30-,31+,32-/m1/s1. The summed E-state index contributed by atoms with van der Waals surface area (Å²) in [6.07, 6.45) is 5.56. The number of rotatable bonds is 12. The molecular formula is C32H59N2O8S+. The van der Waals surface area contributed by atoms with Crippen molar-refractivity contribution in [2.75, 3.05) is 39.5 Å². The fourth-order valence-electron chi connectivity index (χ4n) is 10.5. The highest BCUT2D eigenvalue weighted by molar-refractivity contribution is 7.85. The van der Waals surface area contributed by atoms with Gasteiger partial charge < -0.3 is 30.2 Å². The van der Waals surface area contributed by atoms with Gasteiger partial charge in [0.05, 0.1) is 39.0 Å². The van der Waals surface area contributed by atoms with E-state index in [1.165, 1.54) is 0 Å². The van der Waals surface area contributed by atoms with Crippen molar-refractivity contribution >= 4 is 16.0 Å². The zero-order chi connectivity index (χ0) is 32.0. The number of quaternary nitrogens is 1. The third-order valence-corrected chi connectivity index (χ3v) is 13.5. The lowest BCUT2D eigenvalue weighted by atomic mass is 9.43. The maximum absolute atomic E-state index is 12.7. The predicted molar refractivity (Wildman–Crippen MR) is 164 cm³/mol. The van der Waals surface area contributed by atoms with Gasteiger partial charge in [-0.15, -0.1) is 0 Å². The average molecular weight is 632 g/mol. The molecule has 12 atom stereocenters. The Bertz CT molecular complexity index is 1090. The van der Waals surface area contributed by atoms with Crippen LogP contribution in [-0.2, 0) is 14.9 Å². The maximum atomic E-state index is 12.7. The van der Waals surface area contributed by atoms with E-state index in [1.807, 2.05) is 14.1 Å². The average Bonchev–Trinajstić information content (AvgIpc) is 3.24. The molecule has 0 aromatic rings. The molecule has 6 N–H and O–H groups in total. The number of hydrogen-bond acceptors (Lipinski definition) is 7. The SMILES string of the molecule is C[C@H](CCC(=O)NCCC[N+](C)(C)C[C@H](O)CS(=O)(=O)O)[C@H]1CC[C@@H]2[C@H]3[C@H](O)C[C@@H]4C[C@H](O)CC[C@]4(C)[C@@H]3C[C@H](O)[C@@]21C. The van der Waals surface area contributed by atoms with Gasteiger partial charge in [-0.25, -0.2) is 0 Å². The second kappa shape index (κ2) is 13.1. The smallest absolute Gasteiger partial charge is 0.267 e. The number of nitrogens with zero attached hydrogens (tertiary/aromatic N) is 1. The second-order valence-corrected chi connectivity index (χ2v) is 17.5. The molecule has 4 rings (SSSR count). The molecule has 4 aliphatic carbocycles. The summed E-state index contributed by atoms with van der Waals surface area (Å²) in [4.78, 5) is 12.7. The fourth-order valence-corrected chi connectivity index (χ4v) is 11.1. The van der Waals surface area contributed by atoms with E-state index < -0.39 is 28.1 Å². The van der Waals surface area contributed by atoms with Gasteiger partial charge in [0, 0.05) is 19.4 Å². The highest BCUT2D eigenvalue weighted by Gasteiger charge is 2.65. The monoisotopic (exact) mass is 631 g/mol. The summed E-state index contributed by atoms with van der Waals surface area (Å²) >= 11 is 0. The summed E-state index contributed by atoms with van der Waals surface area (Å²) in [7, 11) is -0.484. The first-order valence-corrected chi connectivity index (χ1v) is 18.2. The zero-order valence-corrected chi connectivity index (χ0v) is 27.8. The first-order valence-electron chi connectivity index (χ1n) is 16.6. The zero-order valence-electron chi connectivity index (χ0n) is 27.0. The minimum absolute atomic E-state index is 0.00585. The Morgan fingerprint density at radius 2 is 1.74 bits per heavy atom. The van der Waals surface area contributed by atoms with Gasteiger partial charge in [-0.3, -0.25) is 9.35 Å². The topological polar surface area (TPSA) is 164 Å². The van der Waals surface area contributed by atoms with Gasteiger partial charge in [-0.1, -0.05) is 20.8 Å². The van der Waals surface area contributed by atoms with Crippen LogP contribution in [-0.4, -0.2) is 108 Å². The second-order valence-electron chi connectivity index (χ2n) is 16.0. The molecule has 0 radical (unpaired) electrons. The number of fused-ring (bicyclic) bond motifs is 5. The van der Waals surface area contributed by atoms with E-state index in [9.17, 15) is 33.6 Å². The summed E-state index contributed by atoms with van der Waals surface area (Å²) in [5.74, 6) is 0.890. The van der Waals surface area contributed by atoms with Crippen LogP contribution in [0.4, 0.5) is 0 Å². The molecule has 250 valence electrons. The molecule has 4 aliphatic rings. The third kappa shape index (κ3) is 7.60. The maximum Gasteiger partial charge on any atom is 0.267 e. The number of carbonyl (C=O) groups excluding carboxylic acids is 1. The summed E-state index contributed by atoms with van der Waals surface area (Å²) in [5.41, 5.74) is -0.222. The van der Waals surface area contributed by atoms with E-state index in [2.05, 4.69) is 26.1 Å². The first-order chi connectivity index (χ1) is 19.9. The molecule has 0 aromatic heterocycles. The van der Waals surface area contributed by atoms with Crippen LogP contribution in [0.5, 0.6) is 0 Å². The summed E-state index contributed by atoms with van der Waals surface area (Å²) in [6.45, 7) is 8.10. The van der Waals surface area contributed by atoms with Crippen molar-refractivity contribution in [3.63, 3.8) is 0 Å². The van der Waals surface area contributed by atoms with Crippen LogP contribution in [0.3, 0.4) is 0 Å². The molecule has 1 amide bonds. The van der Waals surface area contributed by atoms with Crippen LogP contribution in [0.1, 0.15) is 85.0 Å². The lowest BCUT2D eigenvalue weighted by Gasteiger charge is -2.63. The number of hydrogen-bond donors (Lipinski definition) is 6. The van der Waals surface area contributed by atoms with Crippen LogP contribution in [0, 0.1) is 46.3 Å². The van der Waals surface area contributed by atoms with Crippen molar-refractivity contribution < 1.29 is 42.7 Å². The van der Waals surface area contributed by atoms with E-state index in [0.717, 1.165) is 44.9 Å². The number of nitrogens with one attached hydrogen (secondary N) is 1. The van der Waals surface area contributed by atoms with Gasteiger partial charge in [0.25, 0.3) is 10.1 Å². The number of carbonyl (C=O) groups is 1. The van der Waals surface area contributed by atoms with Gasteiger partial charge in [0.1, 0.15) is 18.4 Å². The highest BCUT2D eigenvalue weighted by atomic mass is 32.2. The Balaban J connectivity index is 1.27. The van der Waals surface area contributed by atoms with Crippen LogP contribution < -0.4 is 5.32 Å². The largest absolute Gasteiger partial charge is 0.393 e. The van der Waals surface area contributed by atoms with Gasteiger partial charge in [0.2, 0.25) is 5.91 Å². The number of amides is 1. The molecule has 0 heterocycles. The van der Waals surface area contributed by atoms with Crippen molar-refractivity contribution in [1.82, 2.24) is 5.32 Å². The van der Waals surface area contributed by atoms with Gasteiger partial charge >= 0.3 is 0 Å². The molecule has 0 bridgehead atoms. The van der Waals surface area contributed by atoms with E-state index in [-0.39, 0.29) is 59.2 Å². The van der Waals surface area contributed by atoms with Crippen molar-refractivity contribution in [1.29, 1.82) is 0 Å². The highest BCUT2D eigenvalue weighted by Crippen LogP contribution is 2.68. The Kier molecular flexibility index (Phi) is 10.7. The van der Waals surface area contributed by atoms with Gasteiger partial charge in [0.15, 0.2) is 0 Å². The molecule has 0 spiro atoms. The predicted octanol–water partition coefficient (Wildman–Crippen LogP) is 2.20. The van der Waals surface area contributed by atoms with Crippen LogP contribution in [0.2, 0.25) is 0 Å². The molecule has 10 nitrogen and oxygen atoms in total. The van der Waals surface area contributed by atoms with Gasteiger partial charge in [-0.05, 0) is 97.7 Å². The van der Waals surface area contributed by atoms with Crippen molar-refractivity contribution in [3.05, 3.63) is 0 Å². The Labute approximate surface area is 259 Å². The minimum atomic E-state index is -4.23. The quantitative estimate of drug-likeness (QED) is 0.108. The third-order valence-electron chi connectivity index (χ3n) is 12.7. The lowest BCUT2D eigenvalue weighted by molar-refractivity contribution is -0.893. The van der Waals surface area contributed by atoms with Crippen LogP contribution >= 0.6 is 0 Å². The van der Waals surface area contributed by atoms with Crippen molar-refractivity contribution in [2.45, 2.75) is 109 Å². The number of aliphatic hydroxyl groups is 4. The molecule has 11 heteroatoms. The Morgan fingerprint density at radius 3 is 2.42 bits per heavy atom. The van der Waals surface area contributed by atoms with Crippen LogP contribution in [0.15, 0.2) is 0 Å². The first kappa shape index (κ1) is 35.0. The van der Waals surface area contributed by atoms with Crippen molar-refractivity contribution in [3.8, 4) is 0 Å². The van der Waals surface area contributed by atoms with Crippen LogP contribution in [0.25, 0.3) is 0 Å². The van der Waals surface area contributed by atoms with E-state index in [4.69, 9.17) is 4.55 Å². The Morgan fingerprint density at radius 1 is 1.05 bits per heavy atom. The van der Waals surface area contributed by atoms with E-state index in [1.54, 1.807) is 0 Å². The van der Waals surface area contributed by atoms with Gasteiger partial charge in [-0.2, -0.15) is 8.42 Å². The summed E-state index contributed by atoms with van der Waals surface area (Å²) in [6, 6.07) is 0. The normalized spacial score (nSPS) is 41.1. The lowest BCUT2D eigenvalue weighted by Crippen LogP contribution is -2.62. The van der Waals surface area contributed by atoms with E-state index in [0.29, 0.717) is 48.7 Å². The Hall–Kier alpha value is -0.820. The minimum Gasteiger partial charge on any atom is -0.393 e. The molecule has 0 unspecified atom stereocenters. The fraction of sp³-hybridized carbons (Fsp3) is 0.969. The van der Waals surface area contributed by atoms with Crippen molar-refractivity contribution in [2.24, 2.45) is 46.3 Å². The molecule has 0 aromatic carbocycles. The summed E-state index contributed by atoms with van der Waals surface area (Å²) < 4.78 is 31.3. The van der Waals surface area contributed by atoms with E-state index >= 15 is 0 Å².